The molecule has 2 heterocycles. The van der Waals surface area contributed by atoms with E-state index in [1.54, 1.807) is 19.9 Å². The highest BCUT2D eigenvalue weighted by Gasteiger charge is 2.30. The Kier molecular flexibility index (Phi) is 7.01. The Morgan fingerprint density at radius 1 is 1.26 bits per heavy atom. The molecule has 0 aliphatic carbocycles. The molecule has 3 rings (SSSR count). The fourth-order valence-corrected chi connectivity index (χ4v) is 3.66. The summed E-state index contributed by atoms with van der Waals surface area (Å²) in [5.41, 5.74) is 2.24. The van der Waals surface area contributed by atoms with Crippen molar-refractivity contribution in [3.05, 3.63) is 65.6 Å². The fourth-order valence-electron chi connectivity index (χ4n) is 3.66. The molecular formula is C25H33N3O3. The molecule has 0 unspecified atom stereocenters. The van der Waals surface area contributed by atoms with E-state index in [2.05, 4.69) is 35.4 Å². The van der Waals surface area contributed by atoms with Crippen LogP contribution < -0.4 is 4.74 Å². The molecule has 1 saturated heterocycles. The van der Waals surface area contributed by atoms with Crippen LogP contribution in [0, 0.1) is 12.3 Å². The number of hydrogen-bond donors (Lipinski definition) is 1. The number of nitrogens with zero attached hydrogens (tertiary/aromatic N) is 3. The van der Waals surface area contributed by atoms with Crippen LogP contribution in [0.15, 0.2) is 59.5 Å². The number of aryl methyl sites for hydroxylation is 1. The lowest BCUT2D eigenvalue weighted by Crippen LogP contribution is -2.49. The molecular weight excluding hydrogens is 390 g/mol. The topological polar surface area (TPSA) is 65.4 Å². The molecule has 0 saturated carbocycles. The van der Waals surface area contributed by atoms with Crippen LogP contribution >= 0.6 is 0 Å². The Morgan fingerprint density at radius 3 is 2.61 bits per heavy atom. The second kappa shape index (κ2) is 9.52. The van der Waals surface area contributed by atoms with Gasteiger partial charge in [0.05, 0.1) is 11.0 Å². The molecule has 0 radical (unpaired) electrons. The van der Waals surface area contributed by atoms with Gasteiger partial charge in [-0.3, -0.25) is 9.69 Å². The Labute approximate surface area is 185 Å². The smallest absolute Gasteiger partial charge is 0.309 e. The first-order valence-electron chi connectivity index (χ1n) is 10.8. The van der Waals surface area contributed by atoms with E-state index < -0.39 is 11.4 Å². The first-order chi connectivity index (χ1) is 14.7. The average Bonchev–Trinajstić information content (AvgIpc) is 2.87. The molecule has 0 bridgehead atoms. The van der Waals surface area contributed by atoms with Crippen molar-refractivity contribution in [3.63, 3.8) is 0 Å². The lowest BCUT2D eigenvalue weighted by atomic mass is 9.89. The molecule has 2 aliphatic heterocycles. The van der Waals surface area contributed by atoms with Crippen molar-refractivity contribution >= 4 is 11.8 Å². The lowest BCUT2D eigenvalue weighted by Gasteiger charge is -2.37. The van der Waals surface area contributed by atoms with Gasteiger partial charge in [-0.15, -0.1) is 0 Å². The van der Waals surface area contributed by atoms with Crippen molar-refractivity contribution in [2.24, 2.45) is 10.4 Å². The Bertz CT molecular complexity index is 935. The maximum atomic E-state index is 11.4. The number of piperazine rings is 1. The van der Waals surface area contributed by atoms with E-state index in [9.17, 15) is 9.90 Å². The molecule has 2 aliphatic rings. The predicted molar refractivity (Wildman–Crippen MR) is 124 cm³/mol. The third-order valence-corrected chi connectivity index (χ3v) is 5.92. The Balaban J connectivity index is 1.80. The summed E-state index contributed by atoms with van der Waals surface area (Å²) in [5.74, 6) is 1.75. The summed E-state index contributed by atoms with van der Waals surface area (Å²) in [6.45, 7) is 15.5. The summed E-state index contributed by atoms with van der Waals surface area (Å²) >= 11 is 0. The molecule has 1 aromatic carbocycles. The fraction of sp³-hybridized carbons (Fsp3) is 0.440. The number of carboxylic acid groups (broad SMARTS) is 1. The number of ether oxygens (including phenoxy) is 1. The van der Waals surface area contributed by atoms with E-state index in [1.165, 1.54) is 0 Å². The molecule has 31 heavy (non-hydrogen) atoms. The quantitative estimate of drug-likeness (QED) is 0.694. The number of benzene rings is 1. The molecule has 0 spiro atoms. The molecule has 166 valence electrons. The normalized spacial score (nSPS) is 17.8. The number of allylic oxidation sites excluding steroid dienone is 4. The highest BCUT2D eigenvalue weighted by Crippen LogP contribution is 2.30. The number of fused-ring (bicyclic) bond motifs is 1. The van der Waals surface area contributed by atoms with Gasteiger partial charge in [0.15, 0.2) is 0 Å². The molecule has 6 heteroatoms. The third kappa shape index (κ3) is 5.44. The number of amidine groups is 1. The molecule has 0 amide bonds. The largest absolute Gasteiger partial charge is 0.481 e. The second-order valence-corrected chi connectivity index (χ2v) is 8.84. The number of carboxylic acids is 1. The maximum absolute atomic E-state index is 11.4. The van der Waals surface area contributed by atoms with E-state index >= 15 is 0 Å². The van der Waals surface area contributed by atoms with Crippen molar-refractivity contribution in [2.45, 2.75) is 34.1 Å². The van der Waals surface area contributed by atoms with Crippen molar-refractivity contribution < 1.29 is 14.6 Å². The van der Waals surface area contributed by atoms with Crippen LogP contribution in [0.3, 0.4) is 0 Å². The minimum atomic E-state index is -0.742. The number of carbonyl (C=O) groups is 1. The first-order valence-corrected chi connectivity index (χ1v) is 10.8. The van der Waals surface area contributed by atoms with Crippen LogP contribution in [0.25, 0.3) is 0 Å². The van der Waals surface area contributed by atoms with Gasteiger partial charge in [-0.2, -0.15) is 0 Å². The van der Waals surface area contributed by atoms with E-state index in [0.717, 1.165) is 66.9 Å². The number of hydrogen-bond acceptors (Lipinski definition) is 5. The summed E-state index contributed by atoms with van der Waals surface area (Å²) in [6, 6.07) is 6.19. The summed E-state index contributed by atoms with van der Waals surface area (Å²) in [6.07, 6.45) is 6.16. The summed E-state index contributed by atoms with van der Waals surface area (Å²) in [4.78, 5) is 21.0. The van der Waals surface area contributed by atoms with Gasteiger partial charge < -0.3 is 14.7 Å². The second-order valence-electron chi connectivity index (χ2n) is 8.84. The van der Waals surface area contributed by atoms with Crippen molar-refractivity contribution in [1.29, 1.82) is 0 Å². The maximum Gasteiger partial charge on any atom is 0.309 e. The summed E-state index contributed by atoms with van der Waals surface area (Å²) in [7, 11) is 0. The van der Waals surface area contributed by atoms with Crippen LogP contribution in [-0.4, -0.2) is 59.4 Å². The standard InChI is InChI=1S/C25H33N3O3/c1-6-7-8-21-19(3)31-22-10-9-18(2)17-20(22)23(26-21)28-15-13-27(14-16-28)12-11-25(4,5)24(29)30/h6-10,17H,1,11-16H2,2-5H3,(H,29,30)/b8-7-. The molecule has 6 nitrogen and oxygen atoms in total. The molecule has 0 atom stereocenters. The van der Waals surface area contributed by atoms with Crippen LogP contribution in [0.1, 0.15) is 38.3 Å². The van der Waals surface area contributed by atoms with E-state index in [4.69, 9.17) is 9.73 Å². The third-order valence-electron chi connectivity index (χ3n) is 5.92. The van der Waals surface area contributed by atoms with Crippen LogP contribution in [0.4, 0.5) is 0 Å². The zero-order valence-corrected chi connectivity index (χ0v) is 19.0. The number of aliphatic imine (C=N–C) groups is 1. The minimum absolute atomic E-state index is 0.636. The van der Waals surface area contributed by atoms with Crippen molar-refractivity contribution in [1.82, 2.24) is 9.80 Å². The highest BCUT2D eigenvalue weighted by molar-refractivity contribution is 6.02. The van der Waals surface area contributed by atoms with Crippen LogP contribution in [-0.2, 0) is 4.79 Å². The SMILES string of the molecule is C=C/C=C\C1=C(C)Oc2ccc(C)cc2C(N2CCN(CCC(C)(C)C(=O)O)CC2)=N1. The molecule has 1 aromatic rings. The van der Waals surface area contributed by atoms with Gasteiger partial charge >= 0.3 is 5.97 Å². The van der Waals surface area contributed by atoms with Gasteiger partial charge in [0.1, 0.15) is 23.0 Å². The van der Waals surface area contributed by atoms with Crippen molar-refractivity contribution in [3.8, 4) is 5.75 Å². The van der Waals surface area contributed by atoms with Crippen molar-refractivity contribution in [2.75, 3.05) is 32.7 Å². The Hall–Kier alpha value is -2.86. The van der Waals surface area contributed by atoms with E-state index in [-0.39, 0.29) is 0 Å². The van der Waals surface area contributed by atoms with Gasteiger partial charge in [-0.25, -0.2) is 4.99 Å². The van der Waals surface area contributed by atoms with Gasteiger partial charge in [0.25, 0.3) is 0 Å². The zero-order chi connectivity index (χ0) is 22.6. The highest BCUT2D eigenvalue weighted by atomic mass is 16.5. The zero-order valence-electron chi connectivity index (χ0n) is 19.0. The molecule has 1 N–H and O–H groups in total. The van der Waals surface area contributed by atoms with Gasteiger partial charge in [-0.1, -0.05) is 30.4 Å². The Morgan fingerprint density at radius 2 is 1.97 bits per heavy atom. The number of rotatable bonds is 6. The summed E-state index contributed by atoms with van der Waals surface area (Å²) in [5, 5.41) is 9.36. The van der Waals surface area contributed by atoms with Crippen LogP contribution in [0.5, 0.6) is 5.75 Å². The molecule has 0 aromatic heterocycles. The lowest BCUT2D eigenvalue weighted by molar-refractivity contribution is -0.147. The average molecular weight is 424 g/mol. The minimum Gasteiger partial charge on any atom is -0.481 e. The predicted octanol–water partition coefficient (Wildman–Crippen LogP) is 4.23. The summed E-state index contributed by atoms with van der Waals surface area (Å²) < 4.78 is 6.15. The van der Waals surface area contributed by atoms with Gasteiger partial charge in [-0.05, 0) is 58.9 Å². The molecule has 1 fully saturated rings. The van der Waals surface area contributed by atoms with Gasteiger partial charge in [0, 0.05) is 26.2 Å². The monoisotopic (exact) mass is 423 g/mol. The van der Waals surface area contributed by atoms with Gasteiger partial charge in [0.2, 0.25) is 0 Å². The van der Waals surface area contributed by atoms with Crippen LogP contribution in [0.2, 0.25) is 0 Å². The number of aliphatic carboxylic acids is 1. The first kappa shape index (κ1) is 22.8. The van der Waals surface area contributed by atoms with E-state index in [1.807, 2.05) is 25.1 Å². The van der Waals surface area contributed by atoms with E-state index in [0.29, 0.717) is 6.42 Å².